The minimum atomic E-state index is -0.956. The zero-order chi connectivity index (χ0) is 14.0. The van der Waals surface area contributed by atoms with Gasteiger partial charge in [0.15, 0.2) is 0 Å². The molecule has 1 aliphatic rings. The molecule has 0 heterocycles. The van der Waals surface area contributed by atoms with Crippen molar-refractivity contribution in [3.05, 3.63) is 29.3 Å². The molecular weight excluding hydrogens is 242 g/mol. The molecule has 19 heavy (non-hydrogen) atoms. The van der Waals surface area contributed by atoms with Crippen molar-refractivity contribution in [1.82, 2.24) is 0 Å². The van der Waals surface area contributed by atoms with E-state index in [1.165, 1.54) is 7.11 Å². The van der Waals surface area contributed by atoms with Gasteiger partial charge in [0, 0.05) is 5.69 Å². The Morgan fingerprint density at radius 3 is 2.58 bits per heavy atom. The van der Waals surface area contributed by atoms with E-state index in [2.05, 4.69) is 5.32 Å². The maximum Gasteiger partial charge on any atom is 0.321 e. The number of hydrogen-bond donors (Lipinski definition) is 1. The maximum absolute atomic E-state index is 12.3. The largest absolute Gasteiger partial charge is 0.468 e. The highest BCUT2D eigenvalue weighted by Gasteiger charge is 2.57. The lowest BCUT2D eigenvalue weighted by Crippen LogP contribution is -2.32. The minimum absolute atomic E-state index is 0.247. The molecule has 1 aliphatic carbocycles. The summed E-state index contributed by atoms with van der Waals surface area (Å²) in [6.07, 6.45) is 1.97. The monoisotopic (exact) mass is 261 g/mol. The van der Waals surface area contributed by atoms with Crippen LogP contribution >= 0.6 is 0 Å². The van der Waals surface area contributed by atoms with Crippen LogP contribution in [0.2, 0.25) is 0 Å². The van der Waals surface area contributed by atoms with Gasteiger partial charge >= 0.3 is 5.97 Å². The predicted octanol–water partition coefficient (Wildman–Crippen LogP) is 2.45. The van der Waals surface area contributed by atoms with Gasteiger partial charge in [-0.3, -0.25) is 9.59 Å². The van der Waals surface area contributed by atoms with Crippen LogP contribution in [0.3, 0.4) is 0 Å². The van der Waals surface area contributed by atoms with Crippen LogP contribution in [0.5, 0.6) is 0 Å². The molecule has 4 heteroatoms. The van der Waals surface area contributed by atoms with E-state index in [0.29, 0.717) is 12.8 Å². The number of rotatable bonds is 4. The summed E-state index contributed by atoms with van der Waals surface area (Å²) in [6, 6.07) is 5.91. The Labute approximate surface area is 113 Å². The number of ether oxygens (including phenoxy) is 1. The molecule has 1 fully saturated rings. The molecule has 1 aromatic rings. The molecule has 1 saturated carbocycles. The van der Waals surface area contributed by atoms with Crippen molar-refractivity contribution in [1.29, 1.82) is 0 Å². The smallest absolute Gasteiger partial charge is 0.321 e. The highest BCUT2D eigenvalue weighted by atomic mass is 16.5. The molecule has 1 aromatic carbocycles. The second-order valence-corrected chi connectivity index (χ2v) is 4.99. The number of para-hydroxylation sites is 1. The predicted molar refractivity (Wildman–Crippen MR) is 72.9 cm³/mol. The van der Waals surface area contributed by atoms with E-state index in [1.807, 2.05) is 32.0 Å². The Balaban J connectivity index is 2.23. The van der Waals surface area contributed by atoms with Gasteiger partial charge in [-0.15, -0.1) is 0 Å². The molecule has 1 N–H and O–H groups in total. The summed E-state index contributed by atoms with van der Waals surface area (Å²) >= 11 is 0. The fourth-order valence-electron chi connectivity index (χ4n) is 2.28. The van der Waals surface area contributed by atoms with Crippen molar-refractivity contribution in [2.24, 2.45) is 5.41 Å². The summed E-state index contributed by atoms with van der Waals surface area (Å²) in [5.41, 5.74) is 1.95. The molecule has 2 rings (SSSR count). The summed E-state index contributed by atoms with van der Waals surface area (Å²) < 4.78 is 4.72. The van der Waals surface area contributed by atoms with Crippen molar-refractivity contribution < 1.29 is 14.3 Å². The molecule has 0 unspecified atom stereocenters. The topological polar surface area (TPSA) is 55.4 Å². The lowest BCUT2D eigenvalue weighted by molar-refractivity contribution is -0.150. The number of esters is 1. The van der Waals surface area contributed by atoms with Crippen molar-refractivity contribution in [3.63, 3.8) is 0 Å². The molecule has 1 amide bonds. The minimum Gasteiger partial charge on any atom is -0.468 e. The number of nitrogens with one attached hydrogen (secondary N) is 1. The molecule has 0 aliphatic heterocycles. The van der Waals surface area contributed by atoms with E-state index < -0.39 is 11.4 Å². The van der Waals surface area contributed by atoms with Crippen LogP contribution in [-0.4, -0.2) is 19.0 Å². The Bertz CT molecular complexity index is 518. The van der Waals surface area contributed by atoms with Crippen LogP contribution in [0.4, 0.5) is 5.69 Å². The molecule has 0 atom stereocenters. The van der Waals surface area contributed by atoms with Crippen LogP contribution < -0.4 is 5.32 Å². The molecule has 102 valence electrons. The number of benzene rings is 1. The number of amides is 1. The summed E-state index contributed by atoms with van der Waals surface area (Å²) in [7, 11) is 1.32. The lowest BCUT2D eigenvalue weighted by Gasteiger charge is -2.17. The van der Waals surface area contributed by atoms with Crippen molar-refractivity contribution in [2.75, 3.05) is 12.4 Å². The molecule has 0 aromatic heterocycles. The normalized spacial score (nSPS) is 15.7. The van der Waals surface area contributed by atoms with E-state index in [9.17, 15) is 9.59 Å². The fraction of sp³-hybridized carbons (Fsp3) is 0.467. The van der Waals surface area contributed by atoms with E-state index in [-0.39, 0.29) is 5.91 Å². The van der Waals surface area contributed by atoms with Crippen LogP contribution in [-0.2, 0) is 20.7 Å². The first kappa shape index (κ1) is 13.6. The fourth-order valence-corrected chi connectivity index (χ4v) is 2.28. The van der Waals surface area contributed by atoms with Gasteiger partial charge in [-0.25, -0.2) is 0 Å². The molecule has 0 saturated heterocycles. The first-order valence-electron chi connectivity index (χ1n) is 6.53. The van der Waals surface area contributed by atoms with Gasteiger partial charge in [-0.1, -0.05) is 25.1 Å². The third-order valence-corrected chi connectivity index (χ3v) is 3.74. The van der Waals surface area contributed by atoms with Crippen molar-refractivity contribution in [2.45, 2.75) is 33.1 Å². The third kappa shape index (κ3) is 2.35. The number of anilines is 1. The van der Waals surface area contributed by atoms with Gasteiger partial charge in [0.1, 0.15) is 5.41 Å². The maximum atomic E-state index is 12.3. The Morgan fingerprint density at radius 2 is 2.05 bits per heavy atom. The molecular formula is C15H19NO3. The first-order chi connectivity index (χ1) is 9.05. The summed E-state index contributed by atoms with van der Waals surface area (Å²) in [6.45, 7) is 3.99. The second-order valence-electron chi connectivity index (χ2n) is 4.99. The number of carbonyl (C=O) groups is 2. The van der Waals surface area contributed by atoms with E-state index in [0.717, 1.165) is 23.2 Å². The summed E-state index contributed by atoms with van der Waals surface area (Å²) in [4.78, 5) is 24.0. The molecule has 4 nitrogen and oxygen atoms in total. The number of methoxy groups -OCH3 is 1. The van der Waals surface area contributed by atoms with Gasteiger partial charge in [0.25, 0.3) is 0 Å². The standard InChI is InChI=1S/C15H19NO3/c1-4-11-7-5-6-10(2)12(11)16-13(17)15(8-9-15)14(18)19-3/h5-7H,4,8-9H2,1-3H3,(H,16,17). The van der Waals surface area contributed by atoms with Crippen LogP contribution in [0.25, 0.3) is 0 Å². The summed E-state index contributed by atoms with van der Waals surface area (Å²) in [5, 5.41) is 2.91. The van der Waals surface area contributed by atoms with Crippen LogP contribution in [0.15, 0.2) is 18.2 Å². The van der Waals surface area contributed by atoms with Gasteiger partial charge in [-0.05, 0) is 37.3 Å². The Morgan fingerprint density at radius 1 is 1.37 bits per heavy atom. The van der Waals surface area contributed by atoms with Gasteiger partial charge < -0.3 is 10.1 Å². The van der Waals surface area contributed by atoms with E-state index >= 15 is 0 Å². The Kier molecular flexibility index (Phi) is 3.60. The molecule has 0 bridgehead atoms. The average molecular weight is 261 g/mol. The van der Waals surface area contributed by atoms with E-state index in [4.69, 9.17) is 4.74 Å². The van der Waals surface area contributed by atoms with Gasteiger partial charge in [0.05, 0.1) is 7.11 Å². The average Bonchev–Trinajstić information content (AvgIpc) is 3.21. The van der Waals surface area contributed by atoms with Crippen molar-refractivity contribution in [3.8, 4) is 0 Å². The van der Waals surface area contributed by atoms with Crippen LogP contribution in [0, 0.1) is 12.3 Å². The quantitative estimate of drug-likeness (QED) is 0.669. The molecule has 0 radical (unpaired) electrons. The first-order valence-corrected chi connectivity index (χ1v) is 6.53. The van der Waals surface area contributed by atoms with Crippen molar-refractivity contribution >= 4 is 17.6 Å². The van der Waals surface area contributed by atoms with E-state index in [1.54, 1.807) is 0 Å². The summed E-state index contributed by atoms with van der Waals surface area (Å²) in [5.74, 6) is -0.681. The van der Waals surface area contributed by atoms with Gasteiger partial charge in [0.2, 0.25) is 5.91 Å². The lowest BCUT2D eigenvalue weighted by atomic mass is 10.0. The zero-order valence-electron chi connectivity index (χ0n) is 11.6. The molecule has 0 spiro atoms. The Hall–Kier alpha value is -1.84. The number of aryl methyl sites for hydroxylation is 2. The third-order valence-electron chi connectivity index (χ3n) is 3.74. The highest BCUT2D eigenvalue weighted by molar-refractivity contribution is 6.11. The number of hydrogen-bond acceptors (Lipinski definition) is 3. The highest BCUT2D eigenvalue weighted by Crippen LogP contribution is 2.47. The second kappa shape index (κ2) is 5.03. The SMILES string of the molecule is CCc1cccc(C)c1NC(=O)C1(C(=O)OC)CC1. The number of carbonyl (C=O) groups excluding carboxylic acids is 2. The van der Waals surface area contributed by atoms with Gasteiger partial charge in [-0.2, -0.15) is 0 Å². The zero-order valence-corrected chi connectivity index (χ0v) is 11.6. The van der Waals surface area contributed by atoms with Crippen LogP contribution in [0.1, 0.15) is 30.9 Å².